The van der Waals surface area contributed by atoms with E-state index in [-0.39, 0.29) is 6.04 Å². The van der Waals surface area contributed by atoms with Crippen LogP contribution in [0.4, 0.5) is 0 Å². The van der Waals surface area contributed by atoms with Gasteiger partial charge in [-0.05, 0) is 31.9 Å². The van der Waals surface area contributed by atoms with Gasteiger partial charge in [0.05, 0.1) is 12.9 Å². The Morgan fingerprint density at radius 1 is 1.32 bits per heavy atom. The molecule has 1 N–H and O–H groups in total. The second-order valence-electron chi connectivity index (χ2n) is 6.43. The van der Waals surface area contributed by atoms with E-state index < -0.39 is 5.97 Å². The van der Waals surface area contributed by atoms with Crippen LogP contribution in [0, 0.1) is 0 Å². The summed E-state index contributed by atoms with van der Waals surface area (Å²) in [5.74, 6) is 0.126. The average molecular weight is 343 g/mol. The summed E-state index contributed by atoms with van der Waals surface area (Å²) in [5, 5.41) is 9.44. The molecule has 1 aliphatic heterocycles. The number of aryl methyl sites for hydroxylation is 1. The zero-order chi connectivity index (χ0) is 17.5. The molecule has 25 heavy (non-hydrogen) atoms. The van der Waals surface area contributed by atoms with E-state index in [1.165, 1.54) is 0 Å². The Hall–Kier alpha value is -2.34. The van der Waals surface area contributed by atoms with E-state index in [0.29, 0.717) is 13.2 Å². The first-order valence-electron chi connectivity index (χ1n) is 8.87. The Morgan fingerprint density at radius 2 is 2.20 bits per heavy atom. The number of hydrogen-bond acceptors (Lipinski definition) is 4. The lowest BCUT2D eigenvalue weighted by Gasteiger charge is -2.33. The third-order valence-electron chi connectivity index (χ3n) is 4.62. The lowest BCUT2D eigenvalue weighted by atomic mass is 10.0. The summed E-state index contributed by atoms with van der Waals surface area (Å²) in [4.78, 5) is 17.6. The molecule has 1 unspecified atom stereocenters. The topological polar surface area (TPSA) is 67.6 Å². The smallest absolute Gasteiger partial charge is 0.320 e. The van der Waals surface area contributed by atoms with Crippen molar-refractivity contribution in [3.8, 4) is 5.75 Å². The summed E-state index contributed by atoms with van der Waals surface area (Å²) < 4.78 is 7.99. The Bertz CT molecular complexity index is 672. The van der Waals surface area contributed by atoms with Crippen LogP contribution in [0.15, 0.2) is 43.0 Å². The maximum Gasteiger partial charge on any atom is 0.320 e. The molecule has 134 valence electrons. The van der Waals surface area contributed by atoms with Gasteiger partial charge in [0.2, 0.25) is 0 Å². The van der Waals surface area contributed by atoms with Gasteiger partial charge >= 0.3 is 5.97 Å². The normalized spacial score (nSPS) is 18.2. The fourth-order valence-electron chi connectivity index (χ4n) is 3.30. The highest BCUT2D eigenvalue weighted by atomic mass is 16.5. The molecule has 0 saturated carbocycles. The zero-order valence-electron chi connectivity index (χ0n) is 14.4. The summed E-state index contributed by atoms with van der Waals surface area (Å²) in [7, 11) is 0. The number of benzene rings is 1. The number of nitrogens with zero attached hydrogens (tertiary/aromatic N) is 3. The van der Waals surface area contributed by atoms with E-state index >= 15 is 0 Å². The molecule has 1 aliphatic rings. The predicted molar refractivity (Wildman–Crippen MR) is 94.5 cm³/mol. The van der Waals surface area contributed by atoms with Crippen LogP contribution in [0.2, 0.25) is 0 Å². The van der Waals surface area contributed by atoms with Crippen LogP contribution in [0.5, 0.6) is 5.75 Å². The number of imidazole rings is 1. The third-order valence-corrected chi connectivity index (χ3v) is 4.62. The molecule has 1 aromatic heterocycles. The molecule has 0 aliphatic carbocycles. The van der Waals surface area contributed by atoms with Crippen molar-refractivity contribution >= 4 is 5.97 Å². The number of para-hydroxylation sites is 1. The minimum absolute atomic E-state index is 0.386. The molecule has 1 aromatic carbocycles. The standard InChI is InChI=1S/C19H25N3O3/c23-19(24)17-7-3-4-11-22(17)14-16-6-1-2-8-18(16)25-13-5-10-21-12-9-20-15-21/h1-2,6,8-9,12,15,17H,3-5,7,10-11,13-14H2,(H,23,24). The van der Waals surface area contributed by atoms with Crippen molar-refractivity contribution in [1.82, 2.24) is 14.5 Å². The van der Waals surface area contributed by atoms with Crippen molar-refractivity contribution in [3.63, 3.8) is 0 Å². The van der Waals surface area contributed by atoms with E-state index in [9.17, 15) is 9.90 Å². The van der Waals surface area contributed by atoms with Crippen molar-refractivity contribution in [1.29, 1.82) is 0 Å². The molecular weight excluding hydrogens is 318 g/mol. The second kappa shape index (κ2) is 8.67. The van der Waals surface area contributed by atoms with E-state index in [1.54, 1.807) is 12.5 Å². The van der Waals surface area contributed by atoms with Crippen LogP contribution in [0.25, 0.3) is 0 Å². The monoisotopic (exact) mass is 343 g/mol. The quantitative estimate of drug-likeness (QED) is 0.747. The van der Waals surface area contributed by atoms with Crippen molar-refractivity contribution in [2.45, 2.75) is 44.8 Å². The number of aromatic nitrogens is 2. The Kier molecular flexibility index (Phi) is 6.06. The molecule has 3 rings (SSSR count). The average Bonchev–Trinajstić information content (AvgIpc) is 3.14. The molecule has 6 heteroatoms. The molecule has 0 radical (unpaired) electrons. The summed E-state index contributed by atoms with van der Waals surface area (Å²) in [5.41, 5.74) is 1.05. The number of aliphatic carboxylic acids is 1. The number of carbonyl (C=O) groups is 1. The van der Waals surface area contributed by atoms with Gasteiger partial charge in [-0.2, -0.15) is 0 Å². The van der Waals surface area contributed by atoms with E-state index in [2.05, 4.69) is 9.88 Å². The summed E-state index contributed by atoms with van der Waals surface area (Å²) in [6, 6.07) is 7.54. The Labute approximate surface area is 148 Å². The number of carboxylic acid groups (broad SMARTS) is 1. The van der Waals surface area contributed by atoms with Crippen molar-refractivity contribution < 1.29 is 14.6 Å². The molecule has 6 nitrogen and oxygen atoms in total. The van der Waals surface area contributed by atoms with Crippen LogP contribution >= 0.6 is 0 Å². The van der Waals surface area contributed by atoms with Gasteiger partial charge < -0.3 is 14.4 Å². The van der Waals surface area contributed by atoms with Crippen LogP contribution in [-0.2, 0) is 17.9 Å². The molecule has 0 amide bonds. The molecule has 2 heterocycles. The van der Waals surface area contributed by atoms with Gasteiger partial charge in [-0.15, -0.1) is 0 Å². The minimum atomic E-state index is -0.724. The fourth-order valence-corrected chi connectivity index (χ4v) is 3.30. The SMILES string of the molecule is O=C(O)C1CCCCN1Cc1ccccc1OCCCn1ccnc1. The summed E-state index contributed by atoms with van der Waals surface area (Å²) in [6.45, 7) is 2.94. The molecule has 2 aromatic rings. The van der Waals surface area contributed by atoms with Crippen LogP contribution in [0.1, 0.15) is 31.2 Å². The largest absolute Gasteiger partial charge is 0.493 e. The highest BCUT2D eigenvalue weighted by Crippen LogP contribution is 2.25. The molecule has 0 spiro atoms. The fraction of sp³-hybridized carbons (Fsp3) is 0.474. The number of ether oxygens (including phenoxy) is 1. The predicted octanol–water partition coefficient (Wildman–Crippen LogP) is 2.79. The van der Waals surface area contributed by atoms with Gasteiger partial charge in [0, 0.05) is 31.0 Å². The number of piperidine rings is 1. The van der Waals surface area contributed by atoms with Crippen LogP contribution < -0.4 is 4.74 Å². The molecule has 1 atom stereocenters. The van der Waals surface area contributed by atoms with E-state index in [4.69, 9.17) is 4.74 Å². The Balaban J connectivity index is 1.57. The van der Waals surface area contributed by atoms with Crippen molar-refractivity contribution in [2.75, 3.05) is 13.2 Å². The van der Waals surface area contributed by atoms with Gasteiger partial charge in [0.1, 0.15) is 11.8 Å². The number of hydrogen-bond donors (Lipinski definition) is 1. The van der Waals surface area contributed by atoms with Crippen molar-refractivity contribution in [3.05, 3.63) is 48.5 Å². The first kappa shape index (κ1) is 17.5. The van der Waals surface area contributed by atoms with Gasteiger partial charge in [0.25, 0.3) is 0 Å². The van der Waals surface area contributed by atoms with Crippen LogP contribution in [-0.4, -0.2) is 44.7 Å². The first-order chi connectivity index (χ1) is 12.2. The van der Waals surface area contributed by atoms with Gasteiger partial charge in [0.15, 0.2) is 0 Å². The maximum absolute atomic E-state index is 11.5. The van der Waals surface area contributed by atoms with Crippen molar-refractivity contribution in [2.24, 2.45) is 0 Å². The van der Waals surface area contributed by atoms with E-state index in [1.807, 2.05) is 35.0 Å². The maximum atomic E-state index is 11.5. The number of rotatable bonds is 8. The van der Waals surface area contributed by atoms with Crippen LogP contribution in [0.3, 0.4) is 0 Å². The van der Waals surface area contributed by atoms with Gasteiger partial charge in [-0.25, -0.2) is 4.98 Å². The lowest BCUT2D eigenvalue weighted by molar-refractivity contribution is -0.144. The lowest BCUT2D eigenvalue weighted by Crippen LogP contribution is -2.44. The molecular formula is C19H25N3O3. The molecule has 1 fully saturated rings. The minimum Gasteiger partial charge on any atom is -0.493 e. The van der Waals surface area contributed by atoms with Gasteiger partial charge in [-0.1, -0.05) is 24.6 Å². The number of likely N-dealkylation sites (tertiary alicyclic amines) is 1. The highest BCUT2D eigenvalue weighted by Gasteiger charge is 2.28. The zero-order valence-corrected chi connectivity index (χ0v) is 14.4. The second-order valence-corrected chi connectivity index (χ2v) is 6.43. The first-order valence-corrected chi connectivity index (χ1v) is 8.87. The summed E-state index contributed by atoms with van der Waals surface area (Å²) >= 11 is 0. The van der Waals surface area contributed by atoms with E-state index in [0.717, 1.165) is 50.1 Å². The molecule has 0 bridgehead atoms. The summed E-state index contributed by atoms with van der Waals surface area (Å²) in [6.07, 6.45) is 9.17. The van der Waals surface area contributed by atoms with Gasteiger partial charge in [-0.3, -0.25) is 9.69 Å². The molecule has 1 saturated heterocycles. The Morgan fingerprint density at radius 3 is 3.00 bits per heavy atom. The number of carboxylic acids is 1. The highest BCUT2D eigenvalue weighted by molar-refractivity contribution is 5.73. The third kappa shape index (κ3) is 4.82.